The largest absolute Gasteiger partial charge is 0.369 e. The summed E-state index contributed by atoms with van der Waals surface area (Å²) < 4.78 is 0. The maximum atomic E-state index is 11.6. The average Bonchev–Trinajstić information content (AvgIpc) is 3.19. The Bertz CT molecular complexity index is 711. The smallest absolute Gasteiger partial charge is 0.222 e. The lowest BCUT2D eigenvalue weighted by molar-refractivity contribution is -0.127. The van der Waals surface area contributed by atoms with Crippen molar-refractivity contribution in [1.82, 2.24) is 14.9 Å². The Kier molecular flexibility index (Phi) is 3.70. The van der Waals surface area contributed by atoms with Gasteiger partial charge in [-0.1, -0.05) is 0 Å². The lowest BCUT2D eigenvalue weighted by Gasteiger charge is -2.15. The standard InChI is InChI=1S/C16H20N4OS/c21-13-6-2-8-20(13)9-3-7-17-15-14-11-4-1-5-12(11)22-16(14)19-10-18-15/h10H,1-9H2,(H,17,18,19). The molecule has 0 saturated carbocycles. The Morgan fingerprint density at radius 1 is 1.23 bits per heavy atom. The maximum Gasteiger partial charge on any atom is 0.222 e. The number of likely N-dealkylation sites (tertiary alicyclic amines) is 1. The molecule has 0 bridgehead atoms. The molecule has 0 aromatic carbocycles. The zero-order chi connectivity index (χ0) is 14.9. The van der Waals surface area contributed by atoms with Crippen LogP contribution in [0.25, 0.3) is 10.2 Å². The van der Waals surface area contributed by atoms with Crippen molar-refractivity contribution in [2.24, 2.45) is 0 Å². The van der Waals surface area contributed by atoms with Gasteiger partial charge in [-0.15, -0.1) is 11.3 Å². The van der Waals surface area contributed by atoms with Gasteiger partial charge < -0.3 is 10.2 Å². The fourth-order valence-electron chi connectivity index (χ4n) is 3.48. The number of fused-ring (bicyclic) bond motifs is 3. The second-order valence-corrected chi connectivity index (χ2v) is 7.11. The van der Waals surface area contributed by atoms with Crippen molar-refractivity contribution < 1.29 is 4.79 Å². The van der Waals surface area contributed by atoms with E-state index in [9.17, 15) is 4.79 Å². The third-order valence-corrected chi connectivity index (χ3v) is 5.77. The summed E-state index contributed by atoms with van der Waals surface area (Å²) in [5, 5.41) is 4.69. The summed E-state index contributed by atoms with van der Waals surface area (Å²) in [7, 11) is 0. The molecule has 2 aliphatic rings. The highest BCUT2D eigenvalue weighted by Gasteiger charge is 2.21. The number of anilines is 1. The molecule has 0 atom stereocenters. The topological polar surface area (TPSA) is 58.1 Å². The van der Waals surface area contributed by atoms with Gasteiger partial charge in [-0.3, -0.25) is 4.79 Å². The third-order valence-electron chi connectivity index (χ3n) is 4.57. The van der Waals surface area contributed by atoms with Crippen molar-refractivity contribution in [3.05, 3.63) is 16.8 Å². The fraction of sp³-hybridized carbons (Fsp3) is 0.562. The average molecular weight is 316 g/mol. The van der Waals surface area contributed by atoms with E-state index in [1.807, 2.05) is 16.2 Å². The van der Waals surface area contributed by atoms with E-state index < -0.39 is 0 Å². The van der Waals surface area contributed by atoms with Gasteiger partial charge in [0.05, 0.1) is 5.39 Å². The Labute approximate surface area is 133 Å². The van der Waals surface area contributed by atoms with Crippen molar-refractivity contribution in [3.63, 3.8) is 0 Å². The Hall–Kier alpha value is -1.69. The number of rotatable bonds is 5. The number of nitrogens with one attached hydrogen (secondary N) is 1. The molecule has 0 unspecified atom stereocenters. The van der Waals surface area contributed by atoms with Crippen molar-refractivity contribution in [3.8, 4) is 0 Å². The summed E-state index contributed by atoms with van der Waals surface area (Å²) in [6, 6.07) is 0. The van der Waals surface area contributed by atoms with Crippen LogP contribution < -0.4 is 5.32 Å². The minimum atomic E-state index is 0.306. The highest BCUT2D eigenvalue weighted by atomic mass is 32.1. The third kappa shape index (κ3) is 2.45. The van der Waals surface area contributed by atoms with Gasteiger partial charge >= 0.3 is 0 Å². The first-order valence-corrected chi connectivity index (χ1v) is 8.91. The summed E-state index contributed by atoms with van der Waals surface area (Å²) >= 11 is 1.82. The number of aryl methyl sites for hydroxylation is 2. The van der Waals surface area contributed by atoms with E-state index in [-0.39, 0.29) is 0 Å². The van der Waals surface area contributed by atoms with Crippen LogP contribution in [0, 0.1) is 0 Å². The second-order valence-electron chi connectivity index (χ2n) is 6.02. The number of amides is 1. The van der Waals surface area contributed by atoms with Gasteiger partial charge in [0.1, 0.15) is 17.0 Å². The molecule has 6 heteroatoms. The molecule has 1 N–H and O–H groups in total. The zero-order valence-corrected chi connectivity index (χ0v) is 13.4. The van der Waals surface area contributed by atoms with Crippen LogP contribution in [0.1, 0.15) is 36.1 Å². The van der Waals surface area contributed by atoms with Gasteiger partial charge in [-0.25, -0.2) is 9.97 Å². The molecule has 1 fully saturated rings. The van der Waals surface area contributed by atoms with Crippen LogP contribution in [0.5, 0.6) is 0 Å². The van der Waals surface area contributed by atoms with Crippen LogP contribution in [0.4, 0.5) is 5.82 Å². The zero-order valence-electron chi connectivity index (χ0n) is 12.6. The highest BCUT2D eigenvalue weighted by Crippen LogP contribution is 2.38. The van der Waals surface area contributed by atoms with Gasteiger partial charge in [-0.2, -0.15) is 0 Å². The van der Waals surface area contributed by atoms with Gasteiger partial charge in [0, 0.05) is 30.9 Å². The van der Waals surface area contributed by atoms with Crippen LogP contribution in [-0.4, -0.2) is 40.4 Å². The monoisotopic (exact) mass is 316 g/mol. The lowest BCUT2D eigenvalue weighted by Crippen LogP contribution is -2.27. The molecular weight excluding hydrogens is 296 g/mol. The van der Waals surface area contributed by atoms with Gasteiger partial charge in [0.25, 0.3) is 0 Å². The van der Waals surface area contributed by atoms with Crippen LogP contribution >= 0.6 is 11.3 Å². The van der Waals surface area contributed by atoms with E-state index in [2.05, 4.69) is 15.3 Å². The van der Waals surface area contributed by atoms with Crippen molar-refractivity contribution >= 4 is 33.3 Å². The summed E-state index contributed by atoms with van der Waals surface area (Å²) in [5.41, 5.74) is 1.46. The predicted octanol–water partition coefficient (Wildman–Crippen LogP) is 2.60. The molecule has 3 heterocycles. The maximum absolute atomic E-state index is 11.6. The first-order chi connectivity index (χ1) is 10.8. The fourth-order valence-corrected chi connectivity index (χ4v) is 4.71. The quantitative estimate of drug-likeness (QED) is 0.862. The summed E-state index contributed by atoms with van der Waals surface area (Å²) in [6.45, 7) is 2.62. The van der Waals surface area contributed by atoms with E-state index >= 15 is 0 Å². The molecule has 1 aliphatic heterocycles. The number of nitrogens with zero attached hydrogens (tertiary/aromatic N) is 3. The molecule has 4 rings (SSSR count). The number of hydrogen-bond acceptors (Lipinski definition) is 5. The van der Waals surface area contributed by atoms with E-state index in [1.54, 1.807) is 6.33 Å². The van der Waals surface area contributed by atoms with Gasteiger partial charge in [0.2, 0.25) is 5.91 Å². The molecule has 116 valence electrons. The van der Waals surface area contributed by atoms with Crippen molar-refractivity contribution in [1.29, 1.82) is 0 Å². The minimum Gasteiger partial charge on any atom is -0.369 e. The number of carbonyl (C=O) groups is 1. The molecule has 22 heavy (non-hydrogen) atoms. The summed E-state index contributed by atoms with van der Waals surface area (Å²) in [6.07, 6.45) is 7.94. The minimum absolute atomic E-state index is 0.306. The second kappa shape index (κ2) is 5.83. The van der Waals surface area contributed by atoms with E-state index in [0.717, 1.165) is 56.0 Å². The Balaban J connectivity index is 1.42. The number of carbonyl (C=O) groups excluding carboxylic acids is 1. The van der Waals surface area contributed by atoms with Gasteiger partial charge in [0.15, 0.2) is 0 Å². The molecule has 2 aromatic heterocycles. The molecule has 2 aromatic rings. The summed E-state index contributed by atoms with van der Waals surface area (Å²) in [4.78, 5) is 25.0. The van der Waals surface area contributed by atoms with Crippen LogP contribution in [0.15, 0.2) is 6.33 Å². The molecule has 0 spiro atoms. The van der Waals surface area contributed by atoms with Crippen molar-refractivity contribution in [2.45, 2.75) is 38.5 Å². The molecule has 1 saturated heterocycles. The normalized spacial score (nSPS) is 17.5. The molecular formula is C16H20N4OS. The molecule has 1 amide bonds. The molecule has 0 radical (unpaired) electrons. The SMILES string of the molecule is O=C1CCCN1CCCNc1ncnc2sc3c(c12)CCC3. The number of thiophene rings is 1. The van der Waals surface area contributed by atoms with Gasteiger partial charge in [-0.05, 0) is 37.7 Å². The number of aromatic nitrogens is 2. The Morgan fingerprint density at radius 2 is 2.18 bits per heavy atom. The van der Waals surface area contributed by atoms with Crippen LogP contribution in [0.2, 0.25) is 0 Å². The number of hydrogen-bond donors (Lipinski definition) is 1. The van der Waals surface area contributed by atoms with E-state index in [1.165, 1.54) is 28.7 Å². The first-order valence-electron chi connectivity index (χ1n) is 8.10. The van der Waals surface area contributed by atoms with Crippen LogP contribution in [0.3, 0.4) is 0 Å². The lowest BCUT2D eigenvalue weighted by atomic mass is 10.2. The van der Waals surface area contributed by atoms with Crippen LogP contribution in [-0.2, 0) is 17.6 Å². The van der Waals surface area contributed by atoms with E-state index in [0.29, 0.717) is 5.91 Å². The first kappa shape index (κ1) is 13.9. The molecule has 1 aliphatic carbocycles. The summed E-state index contributed by atoms with van der Waals surface area (Å²) in [5.74, 6) is 1.28. The molecule has 5 nitrogen and oxygen atoms in total. The Morgan fingerprint density at radius 3 is 3.05 bits per heavy atom. The highest BCUT2D eigenvalue weighted by molar-refractivity contribution is 7.19. The predicted molar refractivity (Wildman–Crippen MR) is 88.4 cm³/mol. The van der Waals surface area contributed by atoms with Crippen molar-refractivity contribution in [2.75, 3.05) is 25.0 Å². The van der Waals surface area contributed by atoms with E-state index in [4.69, 9.17) is 0 Å².